The first-order valence-corrected chi connectivity index (χ1v) is 10.9. The number of aromatic nitrogens is 2. The van der Waals surface area contributed by atoms with Crippen LogP contribution in [-0.4, -0.2) is 54.3 Å². The van der Waals surface area contributed by atoms with Crippen LogP contribution < -0.4 is 14.8 Å². The summed E-state index contributed by atoms with van der Waals surface area (Å²) in [5, 5.41) is 7.06. The Kier molecular flexibility index (Phi) is 7.34. The molecule has 4 rings (SSSR count). The van der Waals surface area contributed by atoms with Gasteiger partial charge in [-0.15, -0.1) is 0 Å². The molecule has 0 saturated carbocycles. The summed E-state index contributed by atoms with van der Waals surface area (Å²) in [5.41, 5.74) is 0.938. The molecule has 2 aromatic carbocycles. The lowest BCUT2D eigenvalue weighted by atomic mass is 9.96. The number of carbonyl (C=O) groups is 1. The van der Waals surface area contributed by atoms with Crippen LogP contribution >= 0.6 is 0 Å². The van der Waals surface area contributed by atoms with Crippen molar-refractivity contribution in [1.29, 1.82) is 0 Å². The lowest BCUT2D eigenvalue weighted by Gasteiger charge is -2.30. The fourth-order valence-electron chi connectivity index (χ4n) is 3.79. The number of methoxy groups -OCH3 is 1. The molecule has 1 N–H and O–H groups in total. The molecule has 8 heteroatoms. The van der Waals surface area contributed by atoms with Crippen LogP contribution in [0, 0.1) is 5.92 Å². The normalized spacial score (nSPS) is 14.8. The zero-order valence-corrected chi connectivity index (χ0v) is 18.2. The highest BCUT2D eigenvalue weighted by Gasteiger charge is 2.25. The van der Waals surface area contributed by atoms with Crippen LogP contribution in [0.1, 0.15) is 18.7 Å². The minimum atomic E-state index is 0.0140. The second kappa shape index (κ2) is 10.8. The number of likely N-dealkylation sites (tertiary alicyclic amines) is 1. The van der Waals surface area contributed by atoms with Crippen molar-refractivity contribution in [3.8, 4) is 22.9 Å². The average molecular weight is 437 g/mol. The van der Waals surface area contributed by atoms with Crippen LogP contribution in [0.15, 0.2) is 59.1 Å². The van der Waals surface area contributed by atoms with Crippen LogP contribution in [0.5, 0.6) is 11.5 Å². The van der Waals surface area contributed by atoms with Crippen molar-refractivity contribution in [2.45, 2.75) is 19.4 Å². The highest BCUT2D eigenvalue weighted by molar-refractivity contribution is 5.78. The largest absolute Gasteiger partial charge is 0.493 e. The lowest BCUT2D eigenvalue weighted by molar-refractivity contribution is -0.126. The number of hydrogen-bond donors (Lipinski definition) is 1. The predicted molar refractivity (Wildman–Crippen MR) is 119 cm³/mol. The lowest BCUT2D eigenvalue weighted by Crippen LogP contribution is -2.41. The Bertz CT molecular complexity index is 1000. The van der Waals surface area contributed by atoms with E-state index < -0.39 is 0 Å². The van der Waals surface area contributed by atoms with Crippen molar-refractivity contribution in [2.75, 3.05) is 33.4 Å². The number of amides is 1. The zero-order chi connectivity index (χ0) is 22.2. The van der Waals surface area contributed by atoms with Gasteiger partial charge in [0.25, 0.3) is 0 Å². The van der Waals surface area contributed by atoms with E-state index in [1.807, 2.05) is 54.6 Å². The van der Waals surface area contributed by atoms with Gasteiger partial charge in [-0.05, 0) is 38.1 Å². The van der Waals surface area contributed by atoms with Crippen molar-refractivity contribution in [3.63, 3.8) is 0 Å². The van der Waals surface area contributed by atoms with Crippen molar-refractivity contribution in [3.05, 3.63) is 60.5 Å². The molecular formula is C24H28N4O4. The molecule has 1 aliphatic heterocycles. The summed E-state index contributed by atoms with van der Waals surface area (Å²) in [6.07, 6.45) is 1.61. The maximum absolute atomic E-state index is 12.5. The summed E-state index contributed by atoms with van der Waals surface area (Å²) < 4.78 is 16.4. The molecule has 1 saturated heterocycles. The molecule has 32 heavy (non-hydrogen) atoms. The second-order valence-corrected chi connectivity index (χ2v) is 7.72. The Balaban J connectivity index is 1.17. The maximum Gasteiger partial charge on any atom is 0.241 e. The van der Waals surface area contributed by atoms with Gasteiger partial charge < -0.3 is 19.3 Å². The van der Waals surface area contributed by atoms with Gasteiger partial charge in [0.1, 0.15) is 6.61 Å². The number of carbonyl (C=O) groups excluding carboxylic acids is 1. The molecule has 1 fully saturated rings. The van der Waals surface area contributed by atoms with E-state index in [1.165, 1.54) is 0 Å². The van der Waals surface area contributed by atoms with Gasteiger partial charge in [-0.3, -0.25) is 9.69 Å². The predicted octanol–water partition coefficient (Wildman–Crippen LogP) is 3.15. The van der Waals surface area contributed by atoms with Crippen LogP contribution in [-0.2, 0) is 11.3 Å². The Hall–Kier alpha value is -3.39. The van der Waals surface area contributed by atoms with Gasteiger partial charge in [0.2, 0.25) is 17.6 Å². The van der Waals surface area contributed by atoms with E-state index in [4.69, 9.17) is 14.0 Å². The van der Waals surface area contributed by atoms with Crippen molar-refractivity contribution < 1.29 is 18.8 Å². The van der Waals surface area contributed by atoms with Crippen LogP contribution in [0.25, 0.3) is 11.4 Å². The summed E-state index contributed by atoms with van der Waals surface area (Å²) in [6.45, 7) is 3.09. The van der Waals surface area contributed by atoms with E-state index >= 15 is 0 Å². The third-order valence-corrected chi connectivity index (χ3v) is 5.55. The van der Waals surface area contributed by atoms with Gasteiger partial charge in [-0.1, -0.05) is 47.6 Å². The third kappa shape index (κ3) is 5.64. The molecule has 3 aromatic rings. The minimum Gasteiger partial charge on any atom is -0.493 e. The molecule has 1 amide bonds. The summed E-state index contributed by atoms with van der Waals surface area (Å²) in [7, 11) is 1.61. The van der Waals surface area contributed by atoms with Crippen LogP contribution in [0.3, 0.4) is 0 Å². The number of hydrogen-bond acceptors (Lipinski definition) is 7. The van der Waals surface area contributed by atoms with E-state index in [-0.39, 0.29) is 11.8 Å². The molecule has 0 spiro atoms. The van der Waals surface area contributed by atoms with Gasteiger partial charge in [-0.25, -0.2) is 0 Å². The minimum absolute atomic E-state index is 0.0140. The standard InChI is InChI=1S/C24H28N4O4/c1-30-20-9-5-6-10-21(20)31-16-13-25-24(29)19-11-14-28(15-12-19)17-22-26-23(27-32-22)18-7-3-2-4-8-18/h2-10,19H,11-17H2,1H3,(H,25,29). The van der Waals surface area contributed by atoms with E-state index in [2.05, 4.69) is 20.4 Å². The SMILES string of the molecule is COc1ccccc1OCCNC(=O)C1CCN(Cc2nc(-c3ccccc3)no2)CC1. The molecule has 0 atom stereocenters. The number of nitrogens with one attached hydrogen (secondary N) is 1. The molecule has 8 nitrogen and oxygen atoms in total. The summed E-state index contributed by atoms with van der Waals surface area (Å²) in [4.78, 5) is 19.2. The number of ether oxygens (including phenoxy) is 2. The highest BCUT2D eigenvalue weighted by atomic mass is 16.5. The van der Waals surface area contributed by atoms with Gasteiger partial charge in [0.05, 0.1) is 20.2 Å². The van der Waals surface area contributed by atoms with Crippen molar-refractivity contribution in [2.24, 2.45) is 5.92 Å². The fraction of sp³-hybridized carbons (Fsp3) is 0.375. The first-order chi connectivity index (χ1) is 15.7. The molecule has 1 aliphatic rings. The molecule has 0 bridgehead atoms. The van der Waals surface area contributed by atoms with E-state index in [0.29, 0.717) is 42.9 Å². The number of benzene rings is 2. The molecule has 2 heterocycles. The summed E-state index contributed by atoms with van der Waals surface area (Å²) in [6, 6.07) is 17.2. The first-order valence-electron chi connectivity index (χ1n) is 10.9. The number of nitrogens with zero attached hydrogens (tertiary/aromatic N) is 3. The smallest absolute Gasteiger partial charge is 0.241 e. The number of piperidine rings is 1. The monoisotopic (exact) mass is 436 g/mol. The van der Waals surface area contributed by atoms with Gasteiger partial charge in [-0.2, -0.15) is 4.98 Å². The Morgan fingerprint density at radius 1 is 1.09 bits per heavy atom. The molecule has 0 unspecified atom stereocenters. The van der Waals surface area contributed by atoms with Crippen LogP contribution in [0.4, 0.5) is 0 Å². The Morgan fingerprint density at radius 2 is 1.81 bits per heavy atom. The fourth-order valence-corrected chi connectivity index (χ4v) is 3.79. The average Bonchev–Trinajstić information content (AvgIpc) is 3.31. The van der Waals surface area contributed by atoms with Crippen molar-refractivity contribution in [1.82, 2.24) is 20.4 Å². The van der Waals surface area contributed by atoms with Crippen molar-refractivity contribution >= 4 is 5.91 Å². The van der Waals surface area contributed by atoms with E-state index in [0.717, 1.165) is 31.5 Å². The van der Waals surface area contributed by atoms with Gasteiger partial charge in [0, 0.05) is 11.5 Å². The van der Waals surface area contributed by atoms with Gasteiger partial charge >= 0.3 is 0 Å². The first kappa shape index (κ1) is 21.8. The van der Waals surface area contributed by atoms with E-state index in [1.54, 1.807) is 7.11 Å². The highest BCUT2D eigenvalue weighted by Crippen LogP contribution is 2.25. The third-order valence-electron chi connectivity index (χ3n) is 5.55. The molecular weight excluding hydrogens is 408 g/mol. The van der Waals surface area contributed by atoms with Crippen LogP contribution in [0.2, 0.25) is 0 Å². The molecule has 0 aliphatic carbocycles. The molecule has 1 aromatic heterocycles. The molecule has 0 radical (unpaired) electrons. The number of rotatable bonds is 9. The summed E-state index contributed by atoms with van der Waals surface area (Å²) >= 11 is 0. The van der Waals surface area contributed by atoms with E-state index in [9.17, 15) is 4.79 Å². The molecule has 168 valence electrons. The summed E-state index contributed by atoms with van der Waals surface area (Å²) in [5.74, 6) is 2.65. The Morgan fingerprint density at radius 3 is 2.56 bits per heavy atom. The second-order valence-electron chi connectivity index (χ2n) is 7.72. The Labute approximate surface area is 187 Å². The zero-order valence-electron chi connectivity index (χ0n) is 18.2. The van der Waals surface area contributed by atoms with Gasteiger partial charge in [0.15, 0.2) is 11.5 Å². The topological polar surface area (TPSA) is 89.7 Å². The quantitative estimate of drug-likeness (QED) is 0.516. The number of para-hydroxylation sites is 2. The maximum atomic E-state index is 12.5.